The number of nitrogens with one attached hydrogen (secondary N) is 2. The predicted octanol–water partition coefficient (Wildman–Crippen LogP) is 3.41. The average Bonchev–Trinajstić information content (AvgIpc) is 2.92. The number of amides is 2. The van der Waals surface area contributed by atoms with Crippen LogP contribution in [0.2, 0.25) is 0 Å². The molecule has 1 atom stereocenters. The van der Waals surface area contributed by atoms with Crippen molar-refractivity contribution in [1.82, 2.24) is 5.32 Å². The minimum atomic E-state index is -0.425. The molecule has 0 saturated carbocycles. The first-order chi connectivity index (χ1) is 12.0. The zero-order chi connectivity index (χ0) is 17.8. The first-order valence-electron chi connectivity index (χ1n) is 8.32. The fourth-order valence-electron chi connectivity index (χ4n) is 2.53. The molecule has 0 unspecified atom stereocenters. The van der Waals surface area contributed by atoms with Gasteiger partial charge in [-0.05, 0) is 28.8 Å². The third-order valence-corrected chi connectivity index (χ3v) is 4.90. The first-order valence-corrected chi connectivity index (χ1v) is 9.20. The topological polar surface area (TPSA) is 70.6 Å². The number of nitrogens with zero attached hydrogens (tertiary/aromatic N) is 1. The van der Waals surface area contributed by atoms with Crippen molar-refractivity contribution in [2.75, 3.05) is 11.9 Å². The maximum absolute atomic E-state index is 12.3. The van der Waals surface area contributed by atoms with E-state index in [1.165, 1.54) is 11.8 Å². The normalized spacial score (nSPS) is 18.8. The van der Waals surface area contributed by atoms with Gasteiger partial charge in [-0.3, -0.25) is 14.6 Å². The van der Waals surface area contributed by atoms with E-state index >= 15 is 0 Å². The zero-order valence-electron chi connectivity index (χ0n) is 14.3. The molecule has 1 fully saturated rings. The van der Waals surface area contributed by atoms with Gasteiger partial charge < -0.3 is 10.6 Å². The van der Waals surface area contributed by atoms with Gasteiger partial charge in [-0.1, -0.05) is 55.9 Å². The van der Waals surface area contributed by atoms with Crippen LogP contribution >= 0.6 is 11.8 Å². The van der Waals surface area contributed by atoms with Gasteiger partial charge in [-0.15, -0.1) is 0 Å². The van der Waals surface area contributed by atoms with Gasteiger partial charge in [0.05, 0.1) is 0 Å². The fourth-order valence-corrected chi connectivity index (χ4v) is 3.51. The Morgan fingerprint density at radius 3 is 2.76 bits per heavy atom. The molecule has 2 amide bonds. The van der Waals surface area contributed by atoms with Gasteiger partial charge in [-0.25, -0.2) is 0 Å². The zero-order valence-corrected chi connectivity index (χ0v) is 15.1. The summed E-state index contributed by atoms with van der Waals surface area (Å²) in [4.78, 5) is 28.6. The molecule has 1 saturated heterocycles. The molecular weight excluding hydrogens is 334 g/mol. The van der Waals surface area contributed by atoms with Crippen LogP contribution in [0.25, 0.3) is 10.8 Å². The number of thioether (sulfide) groups is 1. The molecule has 6 heteroatoms. The quantitative estimate of drug-likeness (QED) is 0.863. The minimum absolute atomic E-state index is 0.129. The van der Waals surface area contributed by atoms with Crippen LogP contribution in [0.5, 0.6) is 0 Å². The average molecular weight is 355 g/mol. The number of aliphatic imine (C=N–C) groups is 1. The van der Waals surface area contributed by atoms with Crippen LogP contribution in [-0.4, -0.2) is 28.8 Å². The van der Waals surface area contributed by atoms with Crippen molar-refractivity contribution >= 4 is 45.2 Å². The Morgan fingerprint density at radius 2 is 2.00 bits per heavy atom. The van der Waals surface area contributed by atoms with Crippen molar-refractivity contribution in [2.24, 2.45) is 10.9 Å². The molecule has 2 aromatic carbocycles. The number of amidine groups is 1. The number of hydrogen-bond acceptors (Lipinski definition) is 4. The summed E-state index contributed by atoms with van der Waals surface area (Å²) < 4.78 is 0. The Labute approximate surface area is 151 Å². The summed E-state index contributed by atoms with van der Waals surface area (Å²) in [7, 11) is 0. The van der Waals surface area contributed by atoms with Crippen LogP contribution in [0.15, 0.2) is 47.5 Å². The summed E-state index contributed by atoms with van der Waals surface area (Å²) in [5.74, 6) is 0.106. The highest BCUT2D eigenvalue weighted by Gasteiger charge is 2.31. The van der Waals surface area contributed by atoms with Gasteiger partial charge in [-0.2, -0.15) is 0 Å². The molecule has 0 aromatic heterocycles. The standard InChI is InChI=1S/C19H21N3O2S/c1-12(2)11-20-19-22-18(24)16(25-19)10-17(23)21-15-8-7-13-5-3-4-6-14(13)9-15/h3-9,12,16H,10-11H2,1-2H3,(H,21,23)(H,20,22,24)/t16-/m1/s1. The fraction of sp³-hybridized carbons (Fsp3) is 0.316. The van der Waals surface area contributed by atoms with Crippen molar-refractivity contribution in [3.05, 3.63) is 42.5 Å². The van der Waals surface area contributed by atoms with E-state index in [0.29, 0.717) is 17.6 Å². The Kier molecular flexibility index (Phi) is 5.38. The van der Waals surface area contributed by atoms with Gasteiger partial charge >= 0.3 is 0 Å². The molecule has 25 heavy (non-hydrogen) atoms. The summed E-state index contributed by atoms with van der Waals surface area (Å²) in [6.45, 7) is 4.80. The van der Waals surface area contributed by atoms with E-state index in [2.05, 4.69) is 29.5 Å². The largest absolute Gasteiger partial charge is 0.326 e. The summed E-state index contributed by atoms with van der Waals surface area (Å²) >= 11 is 1.33. The maximum Gasteiger partial charge on any atom is 0.240 e. The second kappa shape index (κ2) is 7.70. The van der Waals surface area contributed by atoms with Crippen LogP contribution in [0.3, 0.4) is 0 Å². The smallest absolute Gasteiger partial charge is 0.240 e. The molecule has 0 bridgehead atoms. The number of benzene rings is 2. The van der Waals surface area contributed by atoms with E-state index < -0.39 is 5.25 Å². The van der Waals surface area contributed by atoms with E-state index in [0.717, 1.165) is 16.5 Å². The highest BCUT2D eigenvalue weighted by Crippen LogP contribution is 2.24. The third kappa shape index (κ3) is 4.60. The molecule has 5 nitrogen and oxygen atoms in total. The molecule has 1 aliphatic heterocycles. The van der Waals surface area contributed by atoms with Gasteiger partial charge in [0, 0.05) is 18.7 Å². The highest BCUT2D eigenvalue weighted by atomic mass is 32.2. The van der Waals surface area contributed by atoms with E-state index in [9.17, 15) is 9.59 Å². The molecule has 0 aliphatic carbocycles. The van der Waals surface area contributed by atoms with Gasteiger partial charge in [0.2, 0.25) is 11.8 Å². The SMILES string of the molecule is CC(C)CN=C1NC(=O)[C@@H](CC(=O)Nc2ccc3ccccc3c2)S1. The predicted molar refractivity (Wildman–Crippen MR) is 104 cm³/mol. The van der Waals surface area contributed by atoms with Crippen molar-refractivity contribution in [1.29, 1.82) is 0 Å². The maximum atomic E-state index is 12.3. The Bertz CT molecular complexity index is 832. The van der Waals surface area contributed by atoms with Gasteiger partial charge in [0.1, 0.15) is 5.25 Å². The third-order valence-electron chi connectivity index (χ3n) is 3.78. The van der Waals surface area contributed by atoms with E-state index in [1.54, 1.807) is 0 Å². The van der Waals surface area contributed by atoms with Crippen molar-refractivity contribution in [2.45, 2.75) is 25.5 Å². The van der Waals surface area contributed by atoms with Crippen LogP contribution in [0, 0.1) is 5.92 Å². The number of carbonyl (C=O) groups is 2. The van der Waals surface area contributed by atoms with Crippen LogP contribution in [0.1, 0.15) is 20.3 Å². The Morgan fingerprint density at radius 1 is 1.24 bits per heavy atom. The number of carbonyl (C=O) groups excluding carboxylic acids is 2. The van der Waals surface area contributed by atoms with Gasteiger partial charge in [0.15, 0.2) is 5.17 Å². The lowest BCUT2D eigenvalue weighted by Crippen LogP contribution is -2.28. The molecule has 3 rings (SSSR count). The van der Waals surface area contributed by atoms with E-state index in [-0.39, 0.29) is 18.2 Å². The molecule has 0 spiro atoms. The van der Waals surface area contributed by atoms with Crippen molar-refractivity contribution in [3.8, 4) is 0 Å². The second-order valence-corrected chi connectivity index (χ2v) is 7.64. The monoisotopic (exact) mass is 355 g/mol. The molecule has 2 aromatic rings. The number of rotatable bonds is 5. The number of fused-ring (bicyclic) bond motifs is 1. The van der Waals surface area contributed by atoms with Crippen LogP contribution < -0.4 is 10.6 Å². The molecule has 0 radical (unpaired) electrons. The highest BCUT2D eigenvalue weighted by molar-refractivity contribution is 8.15. The molecule has 1 aliphatic rings. The molecule has 2 N–H and O–H groups in total. The number of anilines is 1. The molecule has 130 valence electrons. The number of hydrogen-bond donors (Lipinski definition) is 2. The van der Waals surface area contributed by atoms with Crippen LogP contribution in [-0.2, 0) is 9.59 Å². The second-order valence-electron chi connectivity index (χ2n) is 6.45. The summed E-state index contributed by atoms with van der Waals surface area (Å²) in [6.07, 6.45) is 0.129. The summed E-state index contributed by atoms with van der Waals surface area (Å²) in [6, 6.07) is 13.8. The molecule has 1 heterocycles. The Balaban J connectivity index is 1.60. The van der Waals surface area contributed by atoms with Crippen molar-refractivity contribution in [3.63, 3.8) is 0 Å². The summed E-state index contributed by atoms with van der Waals surface area (Å²) in [5, 5.41) is 8.00. The van der Waals surface area contributed by atoms with Gasteiger partial charge in [0.25, 0.3) is 0 Å². The van der Waals surface area contributed by atoms with Crippen LogP contribution in [0.4, 0.5) is 5.69 Å². The first kappa shape index (κ1) is 17.5. The lowest BCUT2D eigenvalue weighted by atomic mass is 10.1. The molecular formula is C19H21N3O2S. The Hall–Kier alpha value is -2.34. The lowest BCUT2D eigenvalue weighted by molar-refractivity contribution is -0.122. The minimum Gasteiger partial charge on any atom is -0.326 e. The van der Waals surface area contributed by atoms with E-state index in [4.69, 9.17) is 0 Å². The summed E-state index contributed by atoms with van der Waals surface area (Å²) in [5.41, 5.74) is 0.737. The van der Waals surface area contributed by atoms with Crippen molar-refractivity contribution < 1.29 is 9.59 Å². The lowest BCUT2D eigenvalue weighted by Gasteiger charge is -2.08. The van der Waals surface area contributed by atoms with E-state index in [1.807, 2.05) is 42.5 Å².